The number of imidazole rings is 1. The number of carbonyl (C=O) groups excluding carboxylic acids is 2. The van der Waals surface area contributed by atoms with Gasteiger partial charge in [-0.1, -0.05) is 45.2 Å². The standard InChI is InChI=1S/C24H20BrCl2N5O4/c1-32(12-13-2-3-14(25)10-19(13)36-15-4-5-16(26)17(27)11-15)22(34)9-8-21(33)29-20-7-6-18-23(30-20)31-24(35)28-18/h2-7,10-11H,8-9,12H2,1H3,(H3,28,29,30,31,33,35). The smallest absolute Gasteiger partial charge is 0.325 e. The molecule has 12 heteroatoms. The van der Waals surface area contributed by atoms with E-state index in [9.17, 15) is 14.4 Å². The summed E-state index contributed by atoms with van der Waals surface area (Å²) in [6.07, 6.45) is -0.0232. The number of carbonyl (C=O) groups is 2. The third-order valence-electron chi connectivity index (χ3n) is 5.19. The number of anilines is 1. The molecule has 0 saturated carbocycles. The highest BCUT2D eigenvalue weighted by Gasteiger charge is 2.16. The average molecular weight is 593 g/mol. The lowest BCUT2D eigenvalue weighted by atomic mass is 10.1. The lowest BCUT2D eigenvalue weighted by Gasteiger charge is -2.20. The van der Waals surface area contributed by atoms with Crippen LogP contribution in [-0.2, 0) is 16.1 Å². The minimum absolute atomic E-state index is 0.00504. The van der Waals surface area contributed by atoms with E-state index >= 15 is 0 Å². The summed E-state index contributed by atoms with van der Waals surface area (Å²) in [5.74, 6) is 0.748. The summed E-state index contributed by atoms with van der Waals surface area (Å²) in [7, 11) is 1.66. The van der Waals surface area contributed by atoms with Gasteiger partial charge in [0.2, 0.25) is 11.8 Å². The number of nitrogens with one attached hydrogen (secondary N) is 3. The first-order valence-electron chi connectivity index (χ1n) is 10.7. The fraction of sp³-hybridized carbons (Fsp3) is 0.167. The van der Waals surface area contributed by atoms with E-state index in [0.717, 1.165) is 10.0 Å². The molecule has 3 N–H and O–H groups in total. The number of fused-ring (bicyclic) bond motifs is 1. The van der Waals surface area contributed by atoms with E-state index in [4.69, 9.17) is 27.9 Å². The number of H-pyrrole nitrogens is 2. The first-order valence-corrected chi connectivity index (χ1v) is 12.3. The van der Waals surface area contributed by atoms with Gasteiger partial charge in [-0.3, -0.25) is 14.6 Å². The van der Waals surface area contributed by atoms with Crippen molar-refractivity contribution < 1.29 is 14.3 Å². The molecule has 2 aromatic heterocycles. The number of hydrogen-bond acceptors (Lipinski definition) is 5. The van der Waals surface area contributed by atoms with Gasteiger partial charge in [-0.05, 0) is 36.4 Å². The zero-order chi connectivity index (χ0) is 25.8. The van der Waals surface area contributed by atoms with Gasteiger partial charge >= 0.3 is 5.69 Å². The van der Waals surface area contributed by atoms with Gasteiger partial charge in [0, 0.05) is 42.5 Å². The predicted molar refractivity (Wildman–Crippen MR) is 142 cm³/mol. The van der Waals surface area contributed by atoms with Crippen LogP contribution in [0.15, 0.2) is 57.8 Å². The van der Waals surface area contributed by atoms with Gasteiger partial charge in [-0.15, -0.1) is 0 Å². The molecular formula is C24H20BrCl2N5O4. The van der Waals surface area contributed by atoms with Crippen molar-refractivity contribution in [2.45, 2.75) is 19.4 Å². The Kier molecular flexibility index (Phi) is 7.97. The maximum atomic E-state index is 12.7. The molecule has 4 rings (SSSR count). The minimum atomic E-state index is -0.383. The highest BCUT2D eigenvalue weighted by molar-refractivity contribution is 9.10. The zero-order valence-electron chi connectivity index (χ0n) is 18.9. The fourth-order valence-electron chi connectivity index (χ4n) is 3.37. The minimum Gasteiger partial charge on any atom is -0.457 e. The van der Waals surface area contributed by atoms with Gasteiger partial charge in [0.25, 0.3) is 0 Å². The molecule has 0 spiro atoms. The molecule has 2 amide bonds. The third-order valence-corrected chi connectivity index (χ3v) is 6.42. The largest absolute Gasteiger partial charge is 0.457 e. The van der Waals surface area contributed by atoms with Crippen LogP contribution in [0.25, 0.3) is 11.2 Å². The monoisotopic (exact) mass is 591 g/mol. The molecule has 2 aromatic carbocycles. The summed E-state index contributed by atoms with van der Waals surface area (Å²) in [6, 6.07) is 13.7. The van der Waals surface area contributed by atoms with Gasteiger partial charge in [0.15, 0.2) is 5.65 Å². The highest BCUT2D eigenvalue weighted by Crippen LogP contribution is 2.33. The Morgan fingerprint density at radius 2 is 1.86 bits per heavy atom. The zero-order valence-corrected chi connectivity index (χ0v) is 22.0. The van der Waals surface area contributed by atoms with E-state index < -0.39 is 0 Å². The van der Waals surface area contributed by atoms with Crippen LogP contribution in [0, 0.1) is 0 Å². The van der Waals surface area contributed by atoms with Gasteiger partial charge in [-0.2, -0.15) is 0 Å². The Labute approximate surface area is 223 Å². The van der Waals surface area contributed by atoms with Gasteiger partial charge in [-0.25, -0.2) is 9.78 Å². The Morgan fingerprint density at radius 3 is 2.64 bits per heavy atom. The molecule has 0 atom stereocenters. The summed E-state index contributed by atoms with van der Waals surface area (Å²) in [4.78, 5) is 47.2. The van der Waals surface area contributed by atoms with Crippen molar-refractivity contribution in [3.63, 3.8) is 0 Å². The molecule has 186 valence electrons. The molecular weight excluding hydrogens is 573 g/mol. The number of pyridine rings is 1. The molecule has 0 unspecified atom stereocenters. The Bertz CT molecular complexity index is 1500. The molecule has 0 fully saturated rings. The number of aromatic amines is 2. The second-order valence-electron chi connectivity index (χ2n) is 7.90. The number of halogens is 3. The average Bonchev–Trinajstić information content (AvgIpc) is 3.20. The SMILES string of the molecule is CN(Cc1ccc(Br)cc1Oc1ccc(Cl)c(Cl)c1)C(=O)CCC(=O)Nc1ccc2[nH]c(=O)[nH]c2n1. The Balaban J connectivity index is 1.35. The number of benzene rings is 2. The molecule has 9 nitrogen and oxygen atoms in total. The van der Waals surface area contributed by atoms with Crippen LogP contribution in [0.5, 0.6) is 11.5 Å². The maximum absolute atomic E-state index is 12.7. The van der Waals surface area contributed by atoms with Gasteiger partial charge < -0.3 is 19.9 Å². The molecule has 0 bridgehead atoms. The third kappa shape index (κ3) is 6.45. The quantitative estimate of drug-likeness (QED) is 0.250. The van der Waals surface area contributed by atoms with Crippen molar-refractivity contribution in [1.29, 1.82) is 0 Å². The number of hydrogen-bond donors (Lipinski definition) is 3. The lowest BCUT2D eigenvalue weighted by Crippen LogP contribution is -2.27. The Hall–Kier alpha value is -3.34. The summed E-state index contributed by atoms with van der Waals surface area (Å²) in [6.45, 7) is 0.267. The van der Waals surface area contributed by atoms with E-state index in [1.54, 1.807) is 43.4 Å². The molecule has 36 heavy (non-hydrogen) atoms. The molecule has 0 aliphatic rings. The lowest BCUT2D eigenvalue weighted by molar-refractivity contribution is -0.132. The number of aromatic nitrogens is 3. The first-order chi connectivity index (χ1) is 17.2. The van der Waals surface area contributed by atoms with Crippen molar-refractivity contribution in [3.05, 3.63) is 79.1 Å². The number of ether oxygens (including phenoxy) is 1. The van der Waals surface area contributed by atoms with Crippen LogP contribution in [0.3, 0.4) is 0 Å². The fourth-order valence-corrected chi connectivity index (χ4v) is 4.00. The van der Waals surface area contributed by atoms with Crippen LogP contribution in [0.2, 0.25) is 10.0 Å². The van der Waals surface area contributed by atoms with Gasteiger partial charge in [0.05, 0.1) is 15.6 Å². The topological polar surface area (TPSA) is 120 Å². The predicted octanol–water partition coefficient (Wildman–Crippen LogP) is 5.49. The Morgan fingerprint density at radius 1 is 1.06 bits per heavy atom. The van der Waals surface area contributed by atoms with E-state index in [-0.39, 0.29) is 42.7 Å². The van der Waals surface area contributed by atoms with Crippen LogP contribution >= 0.6 is 39.1 Å². The van der Waals surface area contributed by atoms with E-state index in [2.05, 4.69) is 36.2 Å². The summed E-state index contributed by atoms with van der Waals surface area (Å²) in [5.41, 5.74) is 1.25. The molecule has 0 saturated heterocycles. The molecule has 0 radical (unpaired) electrons. The van der Waals surface area contributed by atoms with Crippen molar-refractivity contribution in [3.8, 4) is 11.5 Å². The number of nitrogens with zero attached hydrogens (tertiary/aromatic N) is 2. The van der Waals surface area contributed by atoms with Crippen LogP contribution in [0.1, 0.15) is 18.4 Å². The molecule has 4 aromatic rings. The van der Waals surface area contributed by atoms with Gasteiger partial charge in [0.1, 0.15) is 17.3 Å². The molecule has 2 heterocycles. The maximum Gasteiger partial charge on any atom is 0.325 e. The molecule has 0 aliphatic heterocycles. The van der Waals surface area contributed by atoms with Crippen molar-refractivity contribution in [1.82, 2.24) is 19.9 Å². The first kappa shape index (κ1) is 25.7. The van der Waals surface area contributed by atoms with Crippen LogP contribution in [0.4, 0.5) is 5.82 Å². The second kappa shape index (κ2) is 11.2. The molecule has 0 aliphatic carbocycles. The van der Waals surface area contributed by atoms with E-state index in [1.807, 2.05) is 12.1 Å². The summed E-state index contributed by atoms with van der Waals surface area (Å²) in [5, 5.41) is 3.42. The highest BCUT2D eigenvalue weighted by atomic mass is 79.9. The second-order valence-corrected chi connectivity index (χ2v) is 9.63. The van der Waals surface area contributed by atoms with Crippen LogP contribution in [-0.4, -0.2) is 38.7 Å². The van der Waals surface area contributed by atoms with E-state index in [0.29, 0.717) is 32.7 Å². The normalized spacial score (nSPS) is 10.9. The number of amides is 2. The summed E-state index contributed by atoms with van der Waals surface area (Å²) >= 11 is 15.5. The van der Waals surface area contributed by atoms with E-state index in [1.165, 1.54) is 4.90 Å². The van der Waals surface area contributed by atoms with Crippen molar-refractivity contribution >= 4 is 67.9 Å². The number of rotatable bonds is 8. The van der Waals surface area contributed by atoms with Crippen molar-refractivity contribution in [2.24, 2.45) is 0 Å². The summed E-state index contributed by atoms with van der Waals surface area (Å²) < 4.78 is 6.80. The van der Waals surface area contributed by atoms with Crippen LogP contribution < -0.4 is 15.7 Å². The van der Waals surface area contributed by atoms with Crippen molar-refractivity contribution in [2.75, 3.05) is 12.4 Å².